The van der Waals surface area contributed by atoms with Crippen molar-refractivity contribution >= 4 is 17.5 Å². The number of anilines is 1. The fourth-order valence-corrected chi connectivity index (χ4v) is 4.36. The van der Waals surface area contributed by atoms with E-state index in [-0.39, 0.29) is 17.7 Å². The molecule has 0 aliphatic carbocycles. The van der Waals surface area contributed by atoms with Crippen molar-refractivity contribution in [2.45, 2.75) is 46.1 Å². The number of rotatable bonds is 9. The van der Waals surface area contributed by atoms with E-state index in [4.69, 9.17) is 4.52 Å². The van der Waals surface area contributed by atoms with E-state index < -0.39 is 0 Å². The summed E-state index contributed by atoms with van der Waals surface area (Å²) in [4.78, 5) is 32.4. The number of benzene rings is 2. The first-order chi connectivity index (χ1) is 17.0. The van der Waals surface area contributed by atoms with Gasteiger partial charge in [0.2, 0.25) is 17.6 Å². The molecule has 8 nitrogen and oxygen atoms in total. The molecule has 1 aliphatic rings. The summed E-state index contributed by atoms with van der Waals surface area (Å²) in [7, 11) is 0. The summed E-state index contributed by atoms with van der Waals surface area (Å²) < 4.78 is 5.50. The number of likely N-dealkylation sites (tertiary alicyclic amines) is 1. The van der Waals surface area contributed by atoms with E-state index in [0.717, 1.165) is 43.4 Å². The molecule has 0 bridgehead atoms. The van der Waals surface area contributed by atoms with Crippen LogP contribution in [0.4, 0.5) is 5.69 Å². The van der Waals surface area contributed by atoms with Crippen LogP contribution >= 0.6 is 0 Å². The van der Waals surface area contributed by atoms with Crippen LogP contribution in [0.5, 0.6) is 0 Å². The van der Waals surface area contributed by atoms with Gasteiger partial charge in [0.25, 0.3) is 5.91 Å². The molecular weight excluding hydrogens is 442 g/mol. The number of carbonyl (C=O) groups excluding carboxylic acids is 2. The molecule has 1 atom stereocenters. The molecule has 184 valence electrons. The van der Waals surface area contributed by atoms with Crippen LogP contribution in [0.3, 0.4) is 0 Å². The van der Waals surface area contributed by atoms with Gasteiger partial charge in [-0.1, -0.05) is 54.9 Å². The van der Waals surface area contributed by atoms with E-state index in [9.17, 15) is 9.59 Å². The number of aromatic nitrogens is 2. The maximum Gasteiger partial charge on any atom is 0.253 e. The van der Waals surface area contributed by atoms with Gasteiger partial charge in [0.05, 0.1) is 23.7 Å². The molecule has 2 aromatic carbocycles. The van der Waals surface area contributed by atoms with Crippen molar-refractivity contribution in [1.29, 1.82) is 0 Å². The first kappa shape index (κ1) is 24.6. The summed E-state index contributed by atoms with van der Waals surface area (Å²) in [5, 5.41) is 10.1. The number of nitrogens with zero attached hydrogens (tertiary/aromatic N) is 3. The van der Waals surface area contributed by atoms with Crippen molar-refractivity contribution in [2.75, 3.05) is 25.0 Å². The minimum atomic E-state index is -0.182. The Morgan fingerprint density at radius 1 is 1.14 bits per heavy atom. The maximum atomic E-state index is 13.1. The number of amides is 2. The summed E-state index contributed by atoms with van der Waals surface area (Å²) in [5.41, 5.74) is 3.08. The third-order valence-corrected chi connectivity index (χ3v) is 6.33. The van der Waals surface area contributed by atoms with Crippen molar-refractivity contribution in [3.8, 4) is 11.4 Å². The van der Waals surface area contributed by atoms with Crippen LogP contribution in [0.15, 0.2) is 53.1 Å². The van der Waals surface area contributed by atoms with Crippen molar-refractivity contribution in [3.63, 3.8) is 0 Å². The average Bonchev–Trinajstić information content (AvgIpc) is 3.33. The van der Waals surface area contributed by atoms with Crippen LogP contribution in [-0.2, 0) is 11.3 Å². The fourth-order valence-electron chi connectivity index (χ4n) is 4.36. The Morgan fingerprint density at radius 2 is 1.94 bits per heavy atom. The number of para-hydroxylation sites is 1. The molecule has 1 aromatic heterocycles. The lowest BCUT2D eigenvalue weighted by Gasteiger charge is -2.31. The first-order valence-corrected chi connectivity index (χ1v) is 12.3. The standard InChI is InChI=1S/C27H33N5O3/c1-3-4-15-28-27(34)22-13-7-8-14-23(22)29-26(33)20-11-9-16-32(17-20)18-24-30-25(31-35-24)21-12-6-5-10-19(21)2/h5-8,10,12-14,20H,3-4,9,11,15-18H2,1-2H3,(H,28,34)(H,29,33). The van der Waals surface area contributed by atoms with Gasteiger partial charge in [-0.3, -0.25) is 14.5 Å². The van der Waals surface area contributed by atoms with Crippen LogP contribution in [0.25, 0.3) is 11.4 Å². The highest BCUT2D eigenvalue weighted by molar-refractivity contribution is 6.04. The number of piperidine rings is 1. The van der Waals surface area contributed by atoms with Crippen molar-refractivity contribution in [1.82, 2.24) is 20.4 Å². The second-order valence-electron chi connectivity index (χ2n) is 9.05. The molecule has 0 spiro atoms. The second kappa shape index (κ2) is 11.8. The SMILES string of the molecule is CCCCNC(=O)c1ccccc1NC(=O)C1CCCN(Cc2nc(-c3ccccc3C)no2)C1. The van der Waals surface area contributed by atoms with Crippen molar-refractivity contribution < 1.29 is 14.1 Å². The van der Waals surface area contributed by atoms with Gasteiger partial charge in [-0.15, -0.1) is 0 Å². The van der Waals surface area contributed by atoms with Crippen LogP contribution in [0.2, 0.25) is 0 Å². The van der Waals surface area contributed by atoms with Gasteiger partial charge in [-0.25, -0.2) is 0 Å². The summed E-state index contributed by atoms with van der Waals surface area (Å²) >= 11 is 0. The van der Waals surface area contributed by atoms with Crippen LogP contribution < -0.4 is 10.6 Å². The van der Waals surface area contributed by atoms with Gasteiger partial charge < -0.3 is 15.2 Å². The smallest absolute Gasteiger partial charge is 0.253 e. The van der Waals surface area contributed by atoms with Crippen molar-refractivity contribution in [2.24, 2.45) is 5.92 Å². The highest BCUT2D eigenvalue weighted by Gasteiger charge is 2.28. The largest absolute Gasteiger partial charge is 0.352 e. The van der Waals surface area contributed by atoms with E-state index in [1.54, 1.807) is 12.1 Å². The topological polar surface area (TPSA) is 100 Å². The average molecular weight is 476 g/mol. The molecule has 1 unspecified atom stereocenters. The number of hydrogen-bond acceptors (Lipinski definition) is 6. The van der Waals surface area contributed by atoms with Crippen LogP contribution in [-0.4, -0.2) is 46.5 Å². The van der Waals surface area contributed by atoms with E-state index in [1.165, 1.54) is 0 Å². The van der Waals surface area contributed by atoms with Gasteiger partial charge >= 0.3 is 0 Å². The first-order valence-electron chi connectivity index (χ1n) is 12.3. The number of nitrogens with one attached hydrogen (secondary N) is 2. The predicted octanol–water partition coefficient (Wildman–Crippen LogP) is 4.43. The van der Waals surface area contributed by atoms with Crippen molar-refractivity contribution in [3.05, 3.63) is 65.5 Å². The number of aryl methyl sites for hydroxylation is 1. The van der Waals surface area contributed by atoms with Gasteiger partial charge in [-0.2, -0.15) is 4.98 Å². The molecule has 1 saturated heterocycles. The molecule has 1 aliphatic heterocycles. The molecule has 2 heterocycles. The van der Waals surface area contributed by atoms with Gasteiger partial charge in [0.1, 0.15) is 0 Å². The lowest BCUT2D eigenvalue weighted by molar-refractivity contribution is -0.121. The Kier molecular flexibility index (Phi) is 8.26. The Balaban J connectivity index is 1.36. The third kappa shape index (κ3) is 6.33. The normalized spacial score (nSPS) is 16.1. The van der Waals surface area contributed by atoms with E-state index in [2.05, 4.69) is 32.6 Å². The molecule has 0 radical (unpaired) electrons. The summed E-state index contributed by atoms with van der Waals surface area (Å²) in [6.07, 6.45) is 3.62. The highest BCUT2D eigenvalue weighted by Crippen LogP contribution is 2.24. The van der Waals surface area contributed by atoms with E-state index in [1.807, 2.05) is 43.3 Å². The lowest BCUT2D eigenvalue weighted by Crippen LogP contribution is -2.40. The van der Waals surface area contributed by atoms with Crippen LogP contribution in [0.1, 0.15) is 54.4 Å². The zero-order valence-corrected chi connectivity index (χ0v) is 20.4. The minimum Gasteiger partial charge on any atom is -0.352 e. The van der Waals surface area contributed by atoms with E-state index in [0.29, 0.717) is 42.6 Å². The molecule has 1 fully saturated rings. The van der Waals surface area contributed by atoms with Gasteiger partial charge in [-0.05, 0) is 50.4 Å². The van der Waals surface area contributed by atoms with Crippen LogP contribution in [0, 0.1) is 12.8 Å². The summed E-state index contributed by atoms with van der Waals surface area (Å²) in [6.45, 7) is 6.68. The number of carbonyl (C=O) groups is 2. The predicted molar refractivity (Wildman–Crippen MR) is 135 cm³/mol. The van der Waals surface area contributed by atoms with E-state index >= 15 is 0 Å². The molecule has 8 heteroatoms. The zero-order valence-electron chi connectivity index (χ0n) is 20.4. The summed E-state index contributed by atoms with van der Waals surface area (Å²) in [6, 6.07) is 15.1. The Hall–Kier alpha value is -3.52. The highest BCUT2D eigenvalue weighted by atomic mass is 16.5. The minimum absolute atomic E-state index is 0.0744. The molecule has 2 N–H and O–H groups in total. The Labute approximate surface area is 206 Å². The summed E-state index contributed by atoms with van der Waals surface area (Å²) in [5.74, 6) is 0.699. The molecule has 3 aromatic rings. The molecule has 2 amide bonds. The maximum absolute atomic E-state index is 13.1. The third-order valence-electron chi connectivity index (χ3n) is 6.33. The fraction of sp³-hybridized carbons (Fsp3) is 0.407. The monoisotopic (exact) mass is 475 g/mol. The Bertz CT molecular complexity index is 1160. The number of hydrogen-bond donors (Lipinski definition) is 2. The molecule has 4 rings (SSSR count). The second-order valence-corrected chi connectivity index (χ2v) is 9.05. The Morgan fingerprint density at radius 3 is 2.77 bits per heavy atom. The zero-order chi connectivity index (χ0) is 24.6. The molecule has 0 saturated carbocycles. The van der Waals surface area contributed by atoms with Gasteiger partial charge in [0, 0.05) is 18.7 Å². The quantitative estimate of drug-likeness (QED) is 0.444. The molecule has 35 heavy (non-hydrogen) atoms. The lowest BCUT2D eigenvalue weighted by atomic mass is 9.96. The number of unbranched alkanes of at least 4 members (excludes halogenated alkanes) is 1. The van der Waals surface area contributed by atoms with Gasteiger partial charge in [0.15, 0.2) is 0 Å². The molecular formula is C27H33N5O3.